The lowest BCUT2D eigenvalue weighted by Gasteiger charge is -2.15. The smallest absolute Gasteiger partial charge is 0.266 e. The van der Waals surface area contributed by atoms with Gasteiger partial charge in [0.05, 0.1) is 11.6 Å². The van der Waals surface area contributed by atoms with Crippen molar-refractivity contribution in [3.8, 4) is 0 Å². The van der Waals surface area contributed by atoms with Gasteiger partial charge in [-0.3, -0.25) is 9.78 Å². The quantitative estimate of drug-likeness (QED) is 0.677. The Balaban J connectivity index is 2.17. The summed E-state index contributed by atoms with van der Waals surface area (Å²) in [5, 5.41) is 6.73. The monoisotopic (exact) mass is 369 g/mol. The second kappa shape index (κ2) is 6.77. The molecule has 0 aliphatic carbocycles. The molecule has 0 fully saturated rings. The average Bonchev–Trinajstić information content (AvgIpc) is 2.99. The van der Waals surface area contributed by atoms with Gasteiger partial charge in [0.1, 0.15) is 23.6 Å². The zero-order chi connectivity index (χ0) is 19.0. The van der Waals surface area contributed by atoms with Crippen LogP contribution in [0.2, 0.25) is 0 Å². The van der Waals surface area contributed by atoms with Gasteiger partial charge >= 0.3 is 0 Å². The summed E-state index contributed by atoms with van der Waals surface area (Å²) in [6, 6.07) is 2.63. The van der Waals surface area contributed by atoms with Gasteiger partial charge in [0.15, 0.2) is 5.65 Å². The van der Waals surface area contributed by atoms with Crippen molar-refractivity contribution < 1.29 is 17.6 Å². The summed E-state index contributed by atoms with van der Waals surface area (Å²) in [6.45, 7) is 0.631. The van der Waals surface area contributed by atoms with Crippen LogP contribution in [0.1, 0.15) is 36.2 Å². The SMILES string of the molecule is CNc1nc2c(c(CF)nn2C(C)c2ccc(C(F)F)c(F)c2)c(=O)[nH]1. The van der Waals surface area contributed by atoms with Crippen molar-refractivity contribution in [1.82, 2.24) is 19.7 Å². The minimum absolute atomic E-state index is 0.0111. The fraction of sp³-hybridized carbons (Fsp3) is 0.312. The number of alkyl halides is 3. The highest BCUT2D eigenvalue weighted by Gasteiger charge is 2.22. The van der Waals surface area contributed by atoms with E-state index in [9.17, 15) is 22.4 Å². The lowest BCUT2D eigenvalue weighted by molar-refractivity contribution is 0.146. The molecule has 0 saturated heterocycles. The number of nitrogens with zero attached hydrogens (tertiary/aromatic N) is 3. The predicted molar refractivity (Wildman–Crippen MR) is 87.7 cm³/mol. The van der Waals surface area contributed by atoms with Crippen molar-refractivity contribution in [3.63, 3.8) is 0 Å². The molecule has 2 N–H and O–H groups in total. The maximum atomic E-state index is 13.9. The zero-order valence-corrected chi connectivity index (χ0v) is 13.9. The van der Waals surface area contributed by atoms with E-state index in [1.54, 1.807) is 14.0 Å². The van der Waals surface area contributed by atoms with Gasteiger partial charge < -0.3 is 5.32 Å². The number of fused-ring (bicyclic) bond motifs is 1. The molecule has 2 heterocycles. The van der Waals surface area contributed by atoms with E-state index in [1.165, 1.54) is 10.7 Å². The van der Waals surface area contributed by atoms with Gasteiger partial charge in [0.25, 0.3) is 12.0 Å². The van der Waals surface area contributed by atoms with Gasteiger partial charge in [0, 0.05) is 7.05 Å². The number of anilines is 1. The predicted octanol–water partition coefficient (Wildman–Crippen LogP) is 3.32. The second-order valence-electron chi connectivity index (χ2n) is 5.65. The number of hydrogen-bond acceptors (Lipinski definition) is 4. The standard InChI is InChI=1S/C16H15F4N5O/c1-7(8-3-4-9(13(19)20)10(18)5-8)25-14-12(11(6-17)24-25)15(26)23-16(21-2)22-14/h3-5,7,13H,6H2,1-2H3,(H2,21,22,23,26). The van der Waals surface area contributed by atoms with Crippen molar-refractivity contribution in [2.45, 2.75) is 26.1 Å². The second-order valence-corrected chi connectivity index (χ2v) is 5.65. The lowest BCUT2D eigenvalue weighted by Crippen LogP contribution is -2.14. The number of halogens is 4. The highest BCUT2D eigenvalue weighted by atomic mass is 19.3. The molecule has 0 amide bonds. The molecular formula is C16H15F4N5O. The summed E-state index contributed by atoms with van der Waals surface area (Å²) < 4.78 is 53.9. The Labute approximate surface area is 144 Å². The molecule has 1 aromatic carbocycles. The molecule has 2 aromatic heterocycles. The molecule has 0 spiro atoms. The Bertz CT molecular complexity index is 1010. The van der Waals surface area contributed by atoms with E-state index in [1.807, 2.05) is 0 Å². The number of aromatic nitrogens is 4. The highest BCUT2D eigenvalue weighted by Crippen LogP contribution is 2.28. The first-order valence-electron chi connectivity index (χ1n) is 7.70. The van der Waals surface area contributed by atoms with Crippen molar-refractivity contribution >= 4 is 17.0 Å². The number of aromatic amines is 1. The van der Waals surface area contributed by atoms with Gasteiger partial charge in [-0.05, 0) is 18.6 Å². The van der Waals surface area contributed by atoms with Crippen LogP contribution in [-0.4, -0.2) is 26.8 Å². The van der Waals surface area contributed by atoms with E-state index in [0.717, 1.165) is 12.1 Å². The topological polar surface area (TPSA) is 75.6 Å². The molecule has 0 saturated carbocycles. The minimum atomic E-state index is -2.93. The summed E-state index contributed by atoms with van der Waals surface area (Å²) in [5.41, 5.74) is -0.938. The maximum Gasteiger partial charge on any atom is 0.266 e. The molecule has 138 valence electrons. The lowest BCUT2D eigenvalue weighted by atomic mass is 10.1. The average molecular weight is 369 g/mol. The number of hydrogen-bond donors (Lipinski definition) is 2. The molecule has 26 heavy (non-hydrogen) atoms. The first-order chi connectivity index (χ1) is 12.4. The van der Waals surface area contributed by atoms with Crippen LogP contribution in [0.3, 0.4) is 0 Å². The summed E-state index contributed by atoms with van der Waals surface area (Å²) in [5.74, 6) is -0.895. The summed E-state index contributed by atoms with van der Waals surface area (Å²) in [6.07, 6.45) is -2.93. The van der Waals surface area contributed by atoms with Crippen LogP contribution in [0.15, 0.2) is 23.0 Å². The van der Waals surface area contributed by atoms with E-state index in [2.05, 4.69) is 20.4 Å². The first kappa shape index (κ1) is 17.9. The van der Waals surface area contributed by atoms with E-state index in [0.29, 0.717) is 5.56 Å². The number of H-pyrrole nitrogens is 1. The van der Waals surface area contributed by atoms with Crippen molar-refractivity contribution in [3.05, 3.63) is 51.2 Å². The normalized spacial score (nSPS) is 12.7. The molecule has 1 unspecified atom stereocenters. The van der Waals surface area contributed by atoms with Crippen LogP contribution in [0, 0.1) is 5.82 Å². The number of nitrogens with one attached hydrogen (secondary N) is 2. The molecule has 0 aliphatic rings. The van der Waals surface area contributed by atoms with Gasteiger partial charge in [-0.1, -0.05) is 12.1 Å². The molecule has 6 nitrogen and oxygen atoms in total. The molecular weight excluding hydrogens is 354 g/mol. The van der Waals surface area contributed by atoms with E-state index >= 15 is 0 Å². The molecule has 0 radical (unpaired) electrons. The fourth-order valence-corrected chi connectivity index (χ4v) is 2.72. The van der Waals surface area contributed by atoms with Gasteiger partial charge in [-0.2, -0.15) is 10.1 Å². The van der Waals surface area contributed by atoms with Crippen molar-refractivity contribution in [1.29, 1.82) is 0 Å². The third-order valence-electron chi connectivity index (χ3n) is 4.11. The Hall–Kier alpha value is -2.91. The van der Waals surface area contributed by atoms with Crippen LogP contribution in [0.5, 0.6) is 0 Å². The maximum absolute atomic E-state index is 13.9. The molecule has 3 aromatic rings. The summed E-state index contributed by atoms with van der Waals surface area (Å²) >= 11 is 0. The van der Waals surface area contributed by atoms with Crippen LogP contribution in [0.4, 0.5) is 23.5 Å². The third-order valence-corrected chi connectivity index (χ3v) is 4.11. The van der Waals surface area contributed by atoms with E-state index in [4.69, 9.17) is 0 Å². The first-order valence-corrected chi connectivity index (χ1v) is 7.70. The summed E-state index contributed by atoms with van der Waals surface area (Å²) in [7, 11) is 1.54. The highest BCUT2D eigenvalue weighted by molar-refractivity contribution is 5.78. The van der Waals surface area contributed by atoms with Crippen molar-refractivity contribution in [2.75, 3.05) is 12.4 Å². The van der Waals surface area contributed by atoms with Crippen molar-refractivity contribution in [2.24, 2.45) is 0 Å². The largest absolute Gasteiger partial charge is 0.359 e. The molecule has 0 bridgehead atoms. The minimum Gasteiger partial charge on any atom is -0.359 e. The summed E-state index contributed by atoms with van der Waals surface area (Å²) in [4.78, 5) is 18.8. The molecule has 0 aliphatic heterocycles. The van der Waals surface area contributed by atoms with E-state index in [-0.39, 0.29) is 22.7 Å². The van der Waals surface area contributed by atoms with Crippen LogP contribution < -0.4 is 10.9 Å². The Kier molecular flexibility index (Phi) is 4.66. The fourth-order valence-electron chi connectivity index (χ4n) is 2.72. The Morgan fingerprint density at radius 1 is 1.35 bits per heavy atom. The molecule has 3 rings (SSSR count). The van der Waals surface area contributed by atoms with Gasteiger partial charge in [0.2, 0.25) is 5.95 Å². The van der Waals surface area contributed by atoms with Gasteiger partial charge in [-0.15, -0.1) is 0 Å². The van der Waals surface area contributed by atoms with Crippen LogP contribution >= 0.6 is 0 Å². The van der Waals surface area contributed by atoms with Crippen LogP contribution in [-0.2, 0) is 6.67 Å². The van der Waals surface area contributed by atoms with Crippen LogP contribution in [0.25, 0.3) is 11.0 Å². The van der Waals surface area contributed by atoms with E-state index < -0.39 is 36.1 Å². The Morgan fingerprint density at radius 3 is 2.65 bits per heavy atom. The molecule has 10 heteroatoms. The number of rotatable bonds is 5. The van der Waals surface area contributed by atoms with Gasteiger partial charge in [-0.25, -0.2) is 22.2 Å². The Morgan fingerprint density at radius 2 is 2.08 bits per heavy atom. The number of benzene rings is 1. The third kappa shape index (κ3) is 2.91. The molecule has 1 atom stereocenters. The zero-order valence-electron chi connectivity index (χ0n) is 13.9.